The van der Waals surface area contributed by atoms with Gasteiger partial charge in [0.25, 0.3) is 0 Å². The van der Waals surface area contributed by atoms with Gasteiger partial charge in [-0.3, -0.25) is 0 Å². The van der Waals surface area contributed by atoms with Crippen molar-refractivity contribution in [1.82, 2.24) is 5.32 Å². The molecule has 0 unspecified atom stereocenters. The SMILES string of the molecule is C=CCN[C@@H](C=C)[C@H](O)C=C. The minimum atomic E-state index is -0.576. The highest BCUT2D eigenvalue weighted by Gasteiger charge is 2.09. The van der Waals surface area contributed by atoms with Crippen LogP contribution in [0.5, 0.6) is 0 Å². The summed E-state index contributed by atoms with van der Waals surface area (Å²) in [4.78, 5) is 0. The molecule has 2 N–H and O–H groups in total. The van der Waals surface area contributed by atoms with Crippen LogP contribution in [0.2, 0.25) is 0 Å². The molecule has 0 saturated carbocycles. The molecule has 0 fully saturated rings. The smallest absolute Gasteiger partial charge is 0.0907 e. The van der Waals surface area contributed by atoms with E-state index in [1.807, 2.05) is 0 Å². The van der Waals surface area contributed by atoms with Crippen LogP contribution in [0.1, 0.15) is 0 Å². The normalized spacial score (nSPS) is 15.0. The summed E-state index contributed by atoms with van der Waals surface area (Å²) < 4.78 is 0. The molecular weight excluding hydrogens is 138 g/mol. The van der Waals surface area contributed by atoms with Gasteiger partial charge in [-0.1, -0.05) is 18.2 Å². The summed E-state index contributed by atoms with van der Waals surface area (Å²) in [6.45, 7) is 11.3. The van der Waals surface area contributed by atoms with Crippen molar-refractivity contribution in [3.63, 3.8) is 0 Å². The standard InChI is InChI=1S/C9H15NO/c1-4-7-10-8(5-2)9(11)6-3/h4-6,8-11H,1-3,7H2/t8-,9+/m0/s1. The first-order chi connectivity index (χ1) is 5.26. The third kappa shape index (κ3) is 3.75. The Morgan fingerprint density at radius 1 is 1.27 bits per heavy atom. The summed E-state index contributed by atoms with van der Waals surface area (Å²) in [5, 5.41) is 12.3. The first-order valence-corrected chi connectivity index (χ1v) is 3.53. The van der Waals surface area contributed by atoms with E-state index in [-0.39, 0.29) is 6.04 Å². The summed E-state index contributed by atoms with van der Waals surface area (Å²) >= 11 is 0. The second kappa shape index (κ2) is 5.89. The third-order valence-corrected chi connectivity index (χ3v) is 1.36. The molecule has 0 aliphatic carbocycles. The van der Waals surface area contributed by atoms with Crippen molar-refractivity contribution in [2.45, 2.75) is 12.1 Å². The predicted molar refractivity (Wildman–Crippen MR) is 48.4 cm³/mol. The number of aliphatic hydroxyl groups excluding tert-OH is 1. The Morgan fingerprint density at radius 3 is 2.27 bits per heavy atom. The van der Waals surface area contributed by atoms with Gasteiger partial charge in [0, 0.05) is 6.54 Å². The molecule has 0 aliphatic rings. The lowest BCUT2D eigenvalue weighted by Gasteiger charge is -2.16. The largest absolute Gasteiger partial charge is 0.387 e. The Balaban J connectivity index is 3.82. The van der Waals surface area contributed by atoms with Crippen molar-refractivity contribution in [2.75, 3.05) is 6.54 Å². The first-order valence-electron chi connectivity index (χ1n) is 3.53. The lowest BCUT2D eigenvalue weighted by Crippen LogP contribution is -2.36. The fourth-order valence-electron chi connectivity index (χ4n) is 0.710. The van der Waals surface area contributed by atoms with Crippen LogP contribution in [0.15, 0.2) is 38.0 Å². The van der Waals surface area contributed by atoms with E-state index in [9.17, 15) is 5.11 Å². The van der Waals surface area contributed by atoms with Gasteiger partial charge in [-0.25, -0.2) is 0 Å². The molecule has 0 aliphatic heterocycles. The Bertz CT molecular complexity index is 142. The molecule has 0 radical (unpaired) electrons. The molecule has 0 rings (SSSR count). The van der Waals surface area contributed by atoms with Crippen molar-refractivity contribution < 1.29 is 5.11 Å². The van der Waals surface area contributed by atoms with Crippen LogP contribution in [-0.2, 0) is 0 Å². The Kier molecular flexibility index (Phi) is 5.43. The molecular formula is C9H15NO. The maximum atomic E-state index is 9.26. The predicted octanol–water partition coefficient (Wildman–Crippen LogP) is 0.863. The lowest BCUT2D eigenvalue weighted by molar-refractivity contribution is 0.194. The average molecular weight is 153 g/mol. The van der Waals surface area contributed by atoms with E-state index in [2.05, 4.69) is 25.1 Å². The van der Waals surface area contributed by atoms with E-state index in [4.69, 9.17) is 0 Å². The molecule has 0 amide bonds. The number of aliphatic hydroxyl groups is 1. The third-order valence-electron chi connectivity index (χ3n) is 1.36. The summed E-state index contributed by atoms with van der Waals surface area (Å²) in [5.74, 6) is 0. The van der Waals surface area contributed by atoms with Crippen molar-refractivity contribution >= 4 is 0 Å². The zero-order valence-electron chi connectivity index (χ0n) is 6.66. The zero-order chi connectivity index (χ0) is 8.69. The topological polar surface area (TPSA) is 32.3 Å². The number of rotatable bonds is 6. The minimum absolute atomic E-state index is 0.134. The molecule has 0 aromatic heterocycles. The molecule has 2 nitrogen and oxygen atoms in total. The minimum Gasteiger partial charge on any atom is -0.387 e. The van der Waals surface area contributed by atoms with Crippen LogP contribution in [-0.4, -0.2) is 23.8 Å². The van der Waals surface area contributed by atoms with Crippen molar-refractivity contribution in [3.05, 3.63) is 38.0 Å². The van der Waals surface area contributed by atoms with Gasteiger partial charge in [-0.05, 0) is 0 Å². The van der Waals surface area contributed by atoms with Gasteiger partial charge in [-0.2, -0.15) is 0 Å². The summed E-state index contributed by atoms with van der Waals surface area (Å²) in [7, 11) is 0. The van der Waals surface area contributed by atoms with E-state index >= 15 is 0 Å². The van der Waals surface area contributed by atoms with Gasteiger partial charge in [0.2, 0.25) is 0 Å². The second-order valence-corrected chi connectivity index (χ2v) is 2.18. The zero-order valence-corrected chi connectivity index (χ0v) is 6.66. The molecule has 0 bridgehead atoms. The van der Waals surface area contributed by atoms with E-state index < -0.39 is 6.10 Å². The van der Waals surface area contributed by atoms with Crippen LogP contribution >= 0.6 is 0 Å². The van der Waals surface area contributed by atoms with Crippen LogP contribution in [0.4, 0.5) is 0 Å². The highest BCUT2D eigenvalue weighted by molar-refractivity contribution is 4.99. The summed E-state index contributed by atoms with van der Waals surface area (Å²) in [6.07, 6.45) is 4.28. The fraction of sp³-hybridized carbons (Fsp3) is 0.333. The Hall–Kier alpha value is -0.860. The van der Waals surface area contributed by atoms with E-state index in [1.54, 1.807) is 12.2 Å². The molecule has 0 aromatic rings. The Labute approximate surface area is 67.9 Å². The van der Waals surface area contributed by atoms with Gasteiger partial charge in [0.1, 0.15) is 0 Å². The molecule has 11 heavy (non-hydrogen) atoms. The molecule has 0 spiro atoms. The molecule has 0 aromatic carbocycles. The average Bonchev–Trinajstić information content (AvgIpc) is 2.05. The highest BCUT2D eigenvalue weighted by atomic mass is 16.3. The quantitative estimate of drug-likeness (QED) is 0.555. The van der Waals surface area contributed by atoms with Crippen molar-refractivity contribution in [3.8, 4) is 0 Å². The Morgan fingerprint density at radius 2 is 1.91 bits per heavy atom. The number of nitrogens with one attached hydrogen (secondary N) is 1. The second-order valence-electron chi connectivity index (χ2n) is 2.18. The maximum Gasteiger partial charge on any atom is 0.0907 e. The van der Waals surface area contributed by atoms with Gasteiger partial charge >= 0.3 is 0 Å². The molecule has 62 valence electrons. The molecule has 2 heteroatoms. The van der Waals surface area contributed by atoms with E-state index in [0.717, 1.165) is 0 Å². The van der Waals surface area contributed by atoms with E-state index in [1.165, 1.54) is 6.08 Å². The van der Waals surface area contributed by atoms with Crippen LogP contribution < -0.4 is 5.32 Å². The summed E-state index contributed by atoms with van der Waals surface area (Å²) in [5.41, 5.74) is 0. The van der Waals surface area contributed by atoms with Crippen molar-refractivity contribution in [2.24, 2.45) is 0 Å². The van der Waals surface area contributed by atoms with E-state index in [0.29, 0.717) is 6.54 Å². The highest BCUT2D eigenvalue weighted by Crippen LogP contribution is 1.94. The van der Waals surface area contributed by atoms with Crippen LogP contribution in [0.3, 0.4) is 0 Å². The first kappa shape index (κ1) is 10.1. The van der Waals surface area contributed by atoms with Crippen LogP contribution in [0, 0.1) is 0 Å². The lowest BCUT2D eigenvalue weighted by atomic mass is 10.1. The molecule has 0 heterocycles. The molecule has 0 saturated heterocycles. The fourth-order valence-corrected chi connectivity index (χ4v) is 0.710. The molecule has 2 atom stereocenters. The van der Waals surface area contributed by atoms with Gasteiger partial charge in [-0.15, -0.1) is 19.7 Å². The summed E-state index contributed by atoms with van der Waals surface area (Å²) in [6, 6.07) is -0.134. The number of hydrogen-bond donors (Lipinski definition) is 2. The maximum absolute atomic E-state index is 9.26. The monoisotopic (exact) mass is 153 g/mol. The van der Waals surface area contributed by atoms with Crippen molar-refractivity contribution in [1.29, 1.82) is 0 Å². The number of hydrogen-bond acceptors (Lipinski definition) is 2. The van der Waals surface area contributed by atoms with Crippen LogP contribution in [0.25, 0.3) is 0 Å². The van der Waals surface area contributed by atoms with Gasteiger partial charge in [0.15, 0.2) is 0 Å². The van der Waals surface area contributed by atoms with Gasteiger partial charge < -0.3 is 10.4 Å². The van der Waals surface area contributed by atoms with Gasteiger partial charge in [0.05, 0.1) is 12.1 Å².